The monoisotopic (exact) mass is 838 g/mol. The van der Waals surface area contributed by atoms with Gasteiger partial charge in [0, 0.05) is 0 Å². The normalized spacial score (nSPS) is 11.0. The molecule has 0 aliphatic heterocycles. The predicted molar refractivity (Wildman–Crippen MR) is 283 cm³/mol. The average Bonchev–Trinajstić information content (AvgIpc) is 3.40. The number of benzene rings is 11. The van der Waals surface area contributed by atoms with E-state index in [4.69, 9.17) is 0 Å². The molecule has 0 aliphatic carbocycles. The molecule has 0 saturated carbocycles. The van der Waals surface area contributed by atoms with E-state index >= 15 is 0 Å². The molecule has 310 valence electrons. The molecule has 0 heterocycles. The summed E-state index contributed by atoms with van der Waals surface area (Å²) >= 11 is 0. The fourth-order valence-corrected chi connectivity index (χ4v) is 9.50. The van der Waals surface area contributed by atoms with E-state index in [2.05, 4.69) is 279 Å². The van der Waals surface area contributed by atoms with Crippen LogP contribution in [0.15, 0.2) is 267 Å². The van der Waals surface area contributed by atoms with Gasteiger partial charge in [-0.1, -0.05) is 255 Å². The molecule has 0 bridgehead atoms. The lowest BCUT2D eigenvalue weighted by Crippen LogP contribution is -1.91. The Kier molecular flexibility index (Phi) is 11.1. The molecular weight excluding hydrogens is 793 g/mol. The summed E-state index contributed by atoms with van der Waals surface area (Å²) in [5.41, 5.74) is 19.2. The highest BCUT2D eigenvalue weighted by Crippen LogP contribution is 2.44. The van der Waals surface area contributed by atoms with Gasteiger partial charge >= 0.3 is 0 Å². The van der Waals surface area contributed by atoms with Crippen LogP contribution >= 0.6 is 0 Å². The van der Waals surface area contributed by atoms with Gasteiger partial charge in [-0.3, -0.25) is 0 Å². The molecule has 0 radical (unpaired) electrons. The SMILES string of the molecule is C(=C(c1ccccc1)c1ccccc1)c1cccc(-c2ccc(-c3c4ccccc4c(-c4ccc(-c5cccc(C=C(c6ccccc6)c6ccccc6)c5)cc4)c4ccccc34)cc2)c1. The van der Waals surface area contributed by atoms with Crippen LogP contribution in [0.1, 0.15) is 33.4 Å². The summed E-state index contributed by atoms with van der Waals surface area (Å²) in [5, 5.41) is 4.99. The summed E-state index contributed by atoms with van der Waals surface area (Å²) in [5.74, 6) is 0. The molecule has 0 saturated heterocycles. The van der Waals surface area contributed by atoms with Crippen LogP contribution in [0, 0.1) is 0 Å². The highest BCUT2D eigenvalue weighted by molar-refractivity contribution is 6.21. The van der Waals surface area contributed by atoms with Crippen molar-refractivity contribution in [2.24, 2.45) is 0 Å². The van der Waals surface area contributed by atoms with Crippen molar-refractivity contribution in [1.29, 1.82) is 0 Å². The minimum atomic E-state index is 1.17. The fourth-order valence-electron chi connectivity index (χ4n) is 9.50. The van der Waals surface area contributed by atoms with Crippen molar-refractivity contribution in [3.8, 4) is 44.5 Å². The zero-order chi connectivity index (χ0) is 44.1. The minimum absolute atomic E-state index is 1.17. The average molecular weight is 839 g/mol. The molecule has 11 aromatic carbocycles. The van der Waals surface area contributed by atoms with E-state index in [1.807, 2.05) is 0 Å². The van der Waals surface area contributed by atoms with Crippen molar-refractivity contribution in [2.75, 3.05) is 0 Å². The first kappa shape index (κ1) is 40.2. The molecule has 0 aliphatic rings. The van der Waals surface area contributed by atoms with Crippen molar-refractivity contribution >= 4 is 44.8 Å². The molecule has 0 nitrogen and oxygen atoms in total. The number of hydrogen-bond donors (Lipinski definition) is 0. The molecule has 0 heteroatoms. The second kappa shape index (κ2) is 18.3. The predicted octanol–water partition coefficient (Wildman–Crippen LogP) is 17.8. The van der Waals surface area contributed by atoms with Gasteiger partial charge in [-0.25, -0.2) is 0 Å². The molecule has 66 heavy (non-hydrogen) atoms. The van der Waals surface area contributed by atoms with Gasteiger partial charge < -0.3 is 0 Å². The van der Waals surface area contributed by atoms with Gasteiger partial charge in [0.15, 0.2) is 0 Å². The van der Waals surface area contributed by atoms with Crippen LogP contribution in [-0.4, -0.2) is 0 Å². The molecule has 0 N–H and O–H groups in total. The summed E-state index contributed by atoms with van der Waals surface area (Å²) in [6.07, 6.45) is 4.61. The van der Waals surface area contributed by atoms with Gasteiger partial charge in [-0.05, 0) is 135 Å². The highest BCUT2D eigenvalue weighted by atomic mass is 14.2. The quantitative estimate of drug-likeness (QED) is 0.0951. The lowest BCUT2D eigenvalue weighted by Gasteiger charge is -2.18. The molecule has 0 unspecified atom stereocenters. The molecule has 11 aromatic rings. The van der Waals surface area contributed by atoms with Crippen LogP contribution in [0.25, 0.3) is 89.4 Å². The second-order valence-electron chi connectivity index (χ2n) is 16.8. The summed E-state index contributed by atoms with van der Waals surface area (Å²) in [4.78, 5) is 0. The van der Waals surface area contributed by atoms with Gasteiger partial charge in [-0.2, -0.15) is 0 Å². The zero-order valence-electron chi connectivity index (χ0n) is 36.6. The molecular formula is C66H46. The van der Waals surface area contributed by atoms with Crippen molar-refractivity contribution < 1.29 is 0 Å². The van der Waals surface area contributed by atoms with Gasteiger partial charge in [-0.15, -0.1) is 0 Å². The Hall–Kier alpha value is -8.58. The Morgan fingerprint density at radius 3 is 0.788 bits per heavy atom. The molecule has 0 amide bonds. The number of fused-ring (bicyclic) bond motifs is 2. The standard InChI is InChI=1S/C66H46/c1-5-21-51(22-6-1)63(52-23-7-2-8-24-52)45-47-19-17-29-57(43-47)49-35-39-55(40-36-49)65-59-31-13-15-33-61(59)66(62-34-16-14-32-60(62)65)56-41-37-50(38-42-56)58-30-18-20-48(44-58)46-64(53-25-9-3-10-26-53)54-27-11-4-12-28-54/h1-46H. The Morgan fingerprint density at radius 2 is 0.485 bits per heavy atom. The number of rotatable bonds is 10. The van der Waals surface area contributed by atoms with Crippen molar-refractivity contribution in [3.05, 3.63) is 300 Å². The molecule has 0 atom stereocenters. The molecule has 0 fully saturated rings. The van der Waals surface area contributed by atoms with E-state index in [1.165, 1.54) is 111 Å². The van der Waals surface area contributed by atoms with E-state index in [1.54, 1.807) is 0 Å². The van der Waals surface area contributed by atoms with E-state index in [-0.39, 0.29) is 0 Å². The maximum atomic E-state index is 2.31. The maximum absolute atomic E-state index is 2.31. The first-order valence-electron chi connectivity index (χ1n) is 22.7. The van der Waals surface area contributed by atoms with Crippen molar-refractivity contribution in [1.82, 2.24) is 0 Å². The Labute approximate surface area is 387 Å². The van der Waals surface area contributed by atoms with Crippen molar-refractivity contribution in [2.45, 2.75) is 0 Å². The number of hydrogen-bond acceptors (Lipinski definition) is 0. The van der Waals surface area contributed by atoms with Crippen LogP contribution in [0.2, 0.25) is 0 Å². The summed E-state index contributed by atoms with van der Waals surface area (Å²) in [7, 11) is 0. The second-order valence-corrected chi connectivity index (χ2v) is 16.8. The Morgan fingerprint density at radius 1 is 0.212 bits per heavy atom. The Balaban J connectivity index is 0.930. The molecule has 0 spiro atoms. The maximum Gasteiger partial charge on any atom is -0.00264 e. The minimum Gasteiger partial charge on any atom is -0.0622 e. The van der Waals surface area contributed by atoms with E-state index in [9.17, 15) is 0 Å². The molecule has 11 rings (SSSR count). The van der Waals surface area contributed by atoms with Crippen LogP contribution in [-0.2, 0) is 0 Å². The van der Waals surface area contributed by atoms with Gasteiger partial charge in [0.05, 0.1) is 0 Å². The molecule has 0 aromatic heterocycles. The first-order valence-corrected chi connectivity index (χ1v) is 22.7. The van der Waals surface area contributed by atoms with E-state index in [0.717, 1.165) is 0 Å². The van der Waals surface area contributed by atoms with Gasteiger partial charge in [0.2, 0.25) is 0 Å². The summed E-state index contributed by atoms with van der Waals surface area (Å²) in [6, 6.07) is 96.5. The van der Waals surface area contributed by atoms with Crippen LogP contribution in [0.3, 0.4) is 0 Å². The lowest BCUT2D eigenvalue weighted by molar-refractivity contribution is 1.55. The summed E-state index contributed by atoms with van der Waals surface area (Å²) in [6.45, 7) is 0. The smallest absolute Gasteiger partial charge is 0.00264 e. The third-order valence-corrected chi connectivity index (χ3v) is 12.7. The van der Waals surface area contributed by atoms with E-state index in [0.29, 0.717) is 0 Å². The summed E-state index contributed by atoms with van der Waals surface area (Å²) < 4.78 is 0. The largest absolute Gasteiger partial charge is 0.0622 e. The van der Waals surface area contributed by atoms with E-state index < -0.39 is 0 Å². The highest BCUT2D eigenvalue weighted by Gasteiger charge is 2.17. The third-order valence-electron chi connectivity index (χ3n) is 12.7. The third kappa shape index (κ3) is 8.21. The van der Waals surface area contributed by atoms with Crippen molar-refractivity contribution in [3.63, 3.8) is 0 Å². The topological polar surface area (TPSA) is 0 Å². The fraction of sp³-hybridized carbons (Fsp3) is 0. The Bertz CT molecular complexity index is 3130. The first-order chi connectivity index (χ1) is 32.7. The zero-order valence-corrected chi connectivity index (χ0v) is 36.6. The van der Waals surface area contributed by atoms with Crippen LogP contribution < -0.4 is 0 Å². The van der Waals surface area contributed by atoms with Gasteiger partial charge in [0.1, 0.15) is 0 Å². The van der Waals surface area contributed by atoms with Crippen LogP contribution in [0.4, 0.5) is 0 Å². The van der Waals surface area contributed by atoms with Crippen LogP contribution in [0.5, 0.6) is 0 Å². The van der Waals surface area contributed by atoms with Gasteiger partial charge in [0.25, 0.3) is 0 Å². The lowest BCUT2D eigenvalue weighted by atomic mass is 9.85.